The minimum Gasteiger partial charge on any atom is -0.460 e. The second-order valence-electron chi connectivity index (χ2n) is 6.29. The fraction of sp³-hybridized carbons (Fsp3) is 0.300. The number of furan rings is 1. The smallest absolute Gasteiger partial charge is 0.134 e. The van der Waals surface area contributed by atoms with Crippen molar-refractivity contribution < 1.29 is 4.42 Å². The number of hydrogen-bond acceptors (Lipinski definition) is 3. The van der Waals surface area contributed by atoms with Crippen LogP contribution in [-0.4, -0.2) is 36.0 Å². The van der Waals surface area contributed by atoms with E-state index in [1.807, 2.05) is 12.1 Å². The quantitative estimate of drug-likeness (QED) is 0.732. The molecule has 3 heteroatoms. The lowest BCUT2D eigenvalue weighted by Crippen LogP contribution is -2.45. The third kappa shape index (κ3) is 3.46. The molecule has 0 atom stereocenters. The Morgan fingerprint density at radius 2 is 1.39 bits per heavy atom. The minimum atomic E-state index is 0.911. The average molecular weight is 306 g/mol. The Morgan fingerprint density at radius 1 is 0.739 bits per heavy atom. The highest BCUT2D eigenvalue weighted by Crippen LogP contribution is 2.20. The van der Waals surface area contributed by atoms with E-state index >= 15 is 0 Å². The lowest BCUT2D eigenvalue weighted by Gasteiger charge is -2.34. The van der Waals surface area contributed by atoms with E-state index in [1.54, 1.807) is 0 Å². The maximum atomic E-state index is 5.94. The second kappa shape index (κ2) is 6.57. The number of benzene rings is 2. The molecule has 1 fully saturated rings. The predicted molar refractivity (Wildman–Crippen MR) is 93.2 cm³/mol. The van der Waals surface area contributed by atoms with Crippen molar-refractivity contribution in [3.63, 3.8) is 0 Å². The molecule has 0 spiro atoms. The molecule has 0 aliphatic carbocycles. The number of nitrogens with zero attached hydrogens (tertiary/aromatic N) is 2. The van der Waals surface area contributed by atoms with Crippen LogP contribution in [0.4, 0.5) is 0 Å². The van der Waals surface area contributed by atoms with Crippen molar-refractivity contribution in [1.82, 2.24) is 9.80 Å². The molecular weight excluding hydrogens is 284 g/mol. The van der Waals surface area contributed by atoms with Gasteiger partial charge in [0.2, 0.25) is 0 Å². The summed E-state index contributed by atoms with van der Waals surface area (Å²) >= 11 is 0. The summed E-state index contributed by atoms with van der Waals surface area (Å²) in [5.41, 5.74) is 2.39. The standard InChI is InChI=1S/C20H22N2O/c1-2-6-17(7-3-1)15-21-10-12-22(13-11-21)16-19-14-18-8-4-5-9-20(18)23-19/h1-9,14H,10-13,15-16H2. The van der Waals surface area contributed by atoms with Crippen molar-refractivity contribution >= 4 is 11.0 Å². The van der Waals surface area contributed by atoms with Gasteiger partial charge in [0.15, 0.2) is 0 Å². The van der Waals surface area contributed by atoms with E-state index < -0.39 is 0 Å². The van der Waals surface area contributed by atoms with Gasteiger partial charge >= 0.3 is 0 Å². The fourth-order valence-corrected chi connectivity index (χ4v) is 3.28. The summed E-state index contributed by atoms with van der Waals surface area (Å²) in [6, 6.07) is 21.1. The van der Waals surface area contributed by atoms with Gasteiger partial charge in [-0.15, -0.1) is 0 Å². The SMILES string of the molecule is c1ccc(CN2CCN(Cc3cc4ccccc4o3)CC2)cc1. The maximum absolute atomic E-state index is 5.94. The van der Waals surface area contributed by atoms with Gasteiger partial charge in [0.1, 0.15) is 11.3 Å². The van der Waals surface area contributed by atoms with Crippen molar-refractivity contribution in [2.75, 3.05) is 26.2 Å². The van der Waals surface area contributed by atoms with Gasteiger partial charge in [-0.2, -0.15) is 0 Å². The third-order valence-electron chi connectivity index (χ3n) is 4.57. The van der Waals surface area contributed by atoms with Gasteiger partial charge in [0.25, 0.3) is 0 Å². The van der Waals surface area contributed by atoms with Gasteiger partial charge in [-0.25, -0.2) is 0 Å². The maximum Gasteiger partial charge on any atom is 0.134 e. The first-order valence-electron chi connectivity index (χ1n) is 8.33. The van der Waals surface area contributed by atoms with Crippen LogP contribution in [0.3, 0.4) is 0 Å². The lowest BCUT2D eigenvalue weighted by atomic mass is 10.2. The van der Waals surface area contributed by atoms with Crippen molar-refractivity contribution in [1.29, 1.82) is 0 Å². The molecule has 118 valence electrons. The second-order valence-corrected chi connectivity index (χ2v) is 6.29. The molecular formula is C20H22N2O. The van der Waals surface area contributed by atoms with Crippen LogP contribution < -0.4 is 0 Å². The molecule has 3 nitrogen and oxygen atoms in total. The summed E-state index contributed by atoms with van der Waals surface area (Å²) in [5, 5.41) is 1.20. The topological polar surface area (TPSA) is 19.6 Å². The summed E-state index contributed by atoms with van der Waals surface area (Å²) in [4.78, 5) is 5.02. The molecule has 0 unspecified atom stereocenters. The summed E-state index contributed by atoms with van der Waals surface area (Å²) in [5.74, 6) is 1.07. The molecule has 1 aromatic heterocycles. The van der Waals surface area contributed by atoms with E-state index in [0.717, 1.165) is 50.6 Å². The molecule has 0 saturated carbocycles. The molecule has 2 heterocycles. The molecule has 3 aromatic rings. The number of hydrogen-bond donors (Lipinski definition) is 0. The molecule has 1 aliphatic rings. The van der Waals surface area contributed by atoms with Gasteiger partial charge in [-0.1, -0.05) is 48.5 Å². The van der Waals surface area contributed by atoms with Crippen LogP contribution in [0.15, 0.2) is 65.1 Å². The molecule has 0 bridgehead atoms. The zero-order valence-electron chi connectivity index (χ0n) is 13.3. The number of rotatable bonds is 4. The van der Waals surface area contributed by atoms with Crippen LogP contribution in [0.2, 0.25) is 0 Å². The van der Waals surface area contributed by atoms with E-state index in [9.17, 15) is 0 Å². The molecule has 0 radical (unpaired) electrons. The number of fused-ring (bicyclic) bond motifs is 1. The highest BCUT2D eigenvalue weighted by atomic mass is 16.3. The molecule has 1 saturated heterocycles. The van der Waals surface area contributed by atoms with Gasteiger partial charge in [-0.05, 0) is 17.7 Å². The summed E-state index contributed by atoms with van der Waals surface area (Å²) in [6.45, 7) is 6.41. The fourth-order valence-electron chi connectivity index (χ4n) is 3.28. The number of para-hydroxylation sites is 1. The summed E-state index contributed by atoms with van der Waals surface area (Å²) in [7, 11) is 0. The van der Waals surface area contributed by atoms with Crippen molar-refractivity contribution in [3.8, 4) is 0 Å². The Hall–Kier alpha value is -2.10. The Kier molecular flexibility index (Phi) is 4.14. The zero-order valence-corrected chi connectivity index (χ0v) is 13.3. The Balaban J connectivity index is 1.32. The first kappa shape index (κ1) is 14.5. The normalized spacial score (nSPS) is 16.9. The van der Waals surface area contributed by atoms with Crippen LogP contribution in [0.1, 0.15) is 11.3 Å². The third-order valence-corrected chi connectivity index (χ3v) is 4.57. The Bertz CT molecular complexity index is 724. The summed E-state index contributed by atoms with van der Waals surface area (Å²) in [6.07, 6.45) is 0. The van der Waals surface area contributed by atoms with Gasteiger partial charge < -0.3 is 4.42 Å². The number of piperazine rings is 1. The lowest BCUT2D eigenvalue weighted by molar-refractivity contribution is 0.116. The van der Waals surface area contributed by atoms with Crippen molar-refractivity contribution in [2.45, 2.75) is 13.1 Å². The molecule has 4 rings (SSSR count). The van der Waals surface area contributed by atoms with Gasteiger partial charge in [0.05, 0.1) is 6.54 Å². The van der Waals surface area contributed by atoms with Crippen LogP contribution in [-0.2, 0) is 13.1 Å². The van der Waals surface area contributed by atoms with Crippen LogP contribution in [0, 0.1) is 0 Å². The van der Waals surface area contributed by atoms with Gasteiger partial charge in [-0.3, -0.25) is 9.80 Å². The van der Waals surface area contributed by atoms with E-state index in [4.69, 9.17) is 4.42 Å². The molecule has 0 N–H and O–H groups in total. The van der Waals surface area contributed by atoms with Crippen LogP contribution in [0.25, 0.3) is 11.0 Å². The average Bonchev–Trinajstić information content (AvgIpc) is 3.00. The molecule has 1 aliphatic heterocycles. The van der Waals surface area contributed by atoms with E-state index in [0.29, 0.717) is 0 Å². The van der Waals surface area contributed by atoms with Crippen LogP contribution >= 0.6 is 0 Å². The minimum absolute atomic E-state index is 0.911. The van der Waals surface area contributed by atoms with E-state index in [1.165, 1.54) is 10.9 Å². The largest absolute Gasteiger partial charge is 0.460 e. The van der Waals surface area contributed by atoms with E-state index in [-0.39, 0.29) is 0 Å². The highest BCUT2D eigenvalue weighted by molar-refractivity contribution is 5.77. The highest BCUT2D eigenvalue weighted by Gasteiger charge is 2.18. The molecule has 2 aromatic carbocycles. The predicted octanol–water partition coefficient (Wildman–Crippen LogP) is 3.75. The Morgan fingerprint density at radius 3 is 2.13 bits per heavy atom. The Labute approximate surface area is 137 Å². The van der Waals surface area contributed by atoms with Crippen LogP contribution in [0.5, 0.6) is 0 Å². The first-order valence-corrected chi connectivity index (χ1v) is 8.33. The first-order chi connectivity index (χ1) is 11.4. The van der Waals surface area contributed by atoms with Gasteiger partial charge in [0, 0.05) is 38.1 Å². The molecule has 0 amide bonds. The molecule has 23 heavy (non-hydrogen) atoms. The zero-order chi connectivity index (χ0) is 15.5. The van der Waals surface area contributed by atoms with Crippen molar-refractivity contribution in [3.05, 3.63) is 72.0 Å². The summed E-state index contributed by atoms with van der Waals surface area (Å²) < 4.78 is 5.94. The van der Waals surface area contributed by atoms with Crippen molar-refractivity contribution in [2.24, 2.45) is 0 Å². The van der Waals surface area contributed by atoms with E-state index in [2.05, 4.69) is 58.3 Å². The monoisotopic (exact) mass is 306 g/mol.